The third-order valence-electron chi connectivity index (χ3n) is 14.8. The Morgan fingerprint density at radius 1 is 0.286 bits per heavy atom. The van der Waals surface area contributed by atoms with Crippen molar-refractivity contribution in [2.24, 2.45) is 0 Å². The molecule has 0 saturated carbocycles. The maximum Gasteiger partial charge on any atom is 0.143 e. The topological polar surface area (TPSA) is 16.4 Å². The van der Waals surface area contributed by atoms with Gasteiger partial charge in [-0.3, -0.25) is 0 Å². The van der Waals surface area contributed by atoms with Crippen LogP contribution >= 0.6 is 0 Å². The van der Waals surface area contributed by atoms with Gasteiger partial charge >= 0.3 is 0 Å². The molecule has 1 aromatic heterocycles. The average Bonchev–Trinajstić information content (AvgIpc) is 3.82. The molecule has 13 aromatic rings. The fourth-order valence-corrected chi connectivity index (χ4v) is 11.5. The Labute approximate surface area is 407 Å². The van der Waals surface area contributed by atoms with Crippen molar-refractivity contribution in [3.63, 3.8) is 0 Å². The SMILES string of the molecule is c1ccc2c(c1)Cc1ccccc1-c1c(cccc1N(c1ccc(-c3ccc4c(ccc5ccccc54)c3)cc1)c1ccccc1-c1cccc3c1oc1c4ccccc4ccc31)Cc1ccccc1-2. The average molecular weight is 892 g/mol. The maximum absolute atomic E-state index is 7.05. The molecule has 328 valence electrons. The van der Waals surface area contributed by atoms with E-state index >= 15 is 0 Å². The molecule has 0 N–H and O–H groups in total. The lowest BCUT2D eigenvalue weighted by molar-refractivity contribution is 0.674. The van der Waals surface area contributed by atoms with E-state index in [0.717, 1.165) is 68.4 Å². The first-order valence-corrected chi connectivity index (χ1v) is 24.3. The van der Waals surface area contributed by atoms with E-state index < -0.39 is 0 Å². The van der Waals surface area contributed by atoms with Gasteiger partial charge < -0.3 is 9.32 Å². The van der Waals surface area contributed by atoms with E-state index in [4.69, 9.17) is 4.42 Å². The van der Waals surface area contributed by atoms with E-state index in [1.165, 1.54) is 82.6 Å². The second kappa shape index (κ2) is 16.4. The van der Waals surface area contributed by atoms with Gasteiger partial charge in [0.1, 0.15) is 11.2 Å². The summed E-state index contributed by atoms with van der Waals surface area (Å²) < 4.78 is 7.05. The highest BCUT2D eigenvalue weighted by atomic mass is 16.3. The highest BCUT2D eigenvalue weighted by Gasteiger charge is 2.27. The lowest BCUT2D eigenvalue weighted by Crippen LogP contribution is -2.14. The number of rotatable bonds is 5. The van der Waals surface area contributed by atoms with Crippen LogP contribution in [0.5, 0.6) is 0 Å². The van der Waals surface area contributed by atoms with Crippen LogP contribution in [0.3, 0.4) is 0 Å². The Balaban J connectivity index is 1.000. The fourth-order valence-electron chi connectivity index (χ4n) is 11.5. The summed E-state index contributed by atoms with van der Waals surface area (Å²) in [5.74, 6) is 0. The van der Waals surface area contributed by atoms with Crippen molar-refractivity contribution in [1.82, 2.24) is 0 Å². The second-order valence-electron chi connectivity index (χ2n) is 18.7. The monoisotopic (exact) mass is 891 g/mol. The maximum atomic E-state index is 7.05. The zero-order chi connectivity index (χ0) is 46.1. The molecule has 0 atom stereocenters. The van der Waals surface area contributed by atoms with Gasteiger partial charge in [-0.25, -0.2) is 0 Å². The number of fused-ring (bicyclic) bond motifs is 14. The quantitative estimate of drug-likeness (QED) is 0.160. The molecule has 0 spiro atoms. The van der Waals surface area contributed by atoms with Crippen molar-refractivity contribution < 1.29 is 4.42 Å². The molecule has 12 aromatic carbocycles. The number of nitrogens with zero attached hydrogens (tertiary/aromatic N) is 1. The molecule has 1 heterocycles. The van der Waals surface area contributed by atoms with Crippen LogP contribution in [-0.4, -0.2) is 0 Å². The molecule has 0 unspecified atom stereocenters. The van der Waals surface area contributed by atoms with Gasteiger partial charge in [-0.15, -0.1) is 0 Å². The minimum atomic E-state index is 0.778. The van der Waals surface area contributed by atoms with Crippen LogP contribution in [0.2, 0.25) is 0 Å². The molecule has 0 bridgehead atoms. The Morgan fingerprint density at radius 3 is 1.56 bits per heavy atom. The third-order valence-corrected chi connectivity index (χ3v) is 14.8. The van der Waals surface area contributed by atoms with Gasteiger partial charge in [-0.05, 0) is 126 Å². The summed E-state index contributed by atoms with van der Waals surface area (Å²) in [5.41, 5.74) is 19.9. The van der Waals surface area contributed by atoms with Crippen LogP contribution in [0.4, 0.5) is 17.1 Å². The molecule has 0 saturated heterocycles. The summed E-state index contributed by atoms with van der Waals surface area (Å²) >= 11 is 0. The Bertz CT molecular complexity index is 4190. The van der Waals surface area contributed by atoms with Gasteiger partial charge in [0.05, 0.1) is 11.4 Å². The van der Waals surface area contributed by atoms with Crippen molar-refractivity contribution in [2.75, 3.05) is 4.90 Å². The molecular weight excluding hydrogens is 847 g/mol. The Morgan fingerprint density at radius 2 is 0.771 bits per heavy atom. The van der Waals surface area contributed by atoms with Gasteiger partial charge in [-0.1, -0.05) is 212 Å². The summed E-state index contributed by atoms with van der Waals surface area (Å²) in [7, 11) is 0. The molecule has 70 heavy (non-hydrogen) atoms. The normalized spacial score (nSPS) is 12.2. The molecule has 2 nitrogen and oxygen atoms in total. The fraction of sp³-hybridized carbons (Fsp3) is 0.0294. The summed E-state index contributed by atoms with van der Waals surface area (Å²) in [4.78, 5) is 2.50. The predicted molar refractivity (Wildman–Crippen MR) is 295 cm³/mol. The summed E-state index contributed by atoms with van der Waals surface area (Å²) in [6, 6.07) is 91.6. The number of anilines is 3. The van der Waals surface area contributed by atoms with Crippen LogP contribution in [-0.2, 0) is 12.8 Å². The molecule has 1 aliphatic rings. The number of benzene rings is 12. The largest absolute Gasteiger partial charge is 0.455 e. The van der Waals surface area contributed by atoms with E-state index in [1.54, 1.807) is 0 Å². The molecule has 0 aliphatic heterocycles. The van der Waals surface area contributed by atoms with Gasteiger partial charge in [0, 0.05) is 38.5 Å². The van der Waals surface area contributed by atoms with Crippen LogP contribution in [0.1, 0.15) is 22.3 Å². The van der Waals surface area contributed by atoms with Gasteiger partial charge in [0.15, 0.2) is 0 Å². The van der Waals surface area contributed by atoms with Gasteiger partial charge in [-0.2, -0.15) is 0 Å². The van der Waals surface area contributed by atoms with Crippen molar-refractivity contribution >= 4 is 71.3 Å². The molecule has 0 amide bonds. The minimum absolute atomic E-state index is 0.778. The molecular formula is C68H45NO. The van der Waals surface area contributed by atoms with Crippen LogP contribution in [0.15, 0.2) is 253 Å². The molecule has 0 radical (unpaired) electrons. The highest BCUT2D eigenvalue weighted by Crippen LogP contribution is 2.50. The number of furan rings is 1. The molecule has 1 aliphatic carbocycles. The summed E-state index contributed by atoms with van der Waals surface area (Å²) in [6.45, 7) is 0. The number of hydrogen-bond acceptors (Lipinski definition) is 2. The standard InChI is InChI=1S/C68H45NO/c1-6-21-54-45(15-1)31-32-51-41-47(36-39-57(51)54)44-33-37-53(38-34-44)69(64-29-12-11-26-60(64)61-27-14-28-62-63-40-35-46-16-2-10-25-59(46)67(63)70-68(61)62)65-30-13-20-52-43-49-18-4-8-23-56(49)55-22-7-3-17-48(55)42-50-19-5-9-24-58(50)66(52)65/h1-41H,42-43H2. The van der Waals surface area contributed by atoms with Crippen LogP contribution < -0.4 is 4.90 Å². The van der Waals surface area contributed by atoms with Crippen molar-refractivity contribution in [3.05, 3.63) is 271 Å². The van der Waals surface area contributed by atoms with Gasteiger partial charge in [0.2, 0.25) is 0 Å². The zero-order valence-corrected chi connectivity index (χ0v) is 38.4. The van der Waals surface area contributed by atoms with Crippen LogP contribution in [0, 0.1) is 0 Å². The van der Waals surface area contributed by atoms with E-state index in [0.29, 0.717) is 0 Å². The lowest BCUT2D eigenvalue weighted by atomic mass is 9.83. The van der Waals surface area contributed by atoms with E-state index in [2.05, 4.69) is 254 Å². The summed E-state index contributed by atoms with van der Waals surface area (Å²) in [5, 5.41) is 9.56. The Hall–Kier alpha value is -8.98. The minimum Gasteiger partial charge on any atom is -0.455 e. The van der Waals surface area contributed by atoms with E-state index in [1.807, 2.05) is 0 Å². The van der Waals surface area contributed by atoms with E-state index in [-0.39, 0.29) is 0 Å². The molecule has 2 heteroatoms. The first kappa shape index (κ1) is 40.1. The van der Waals surface area contributed by atoms with Crippen molar-refractivity contribution in [3.8, 4) is 44.5 Å². The molecule has 0 fully saturated rings. The Kier molecular flexibility index (Phi) is 9.38. The van der Waals surface area contributed by atoms with E-state index in [9.17, 15) is 0 Å². The number of para-hydroxylation sites is 2. The first-order chi connectivity index (χ1) is 34.7. The first-order valence-electron chi connectivity index (χ1n) is 24.3. The predicted octanol–water partition coefficient (Wildman–Crippen LogP) is 18.7. The van der Waals surface area contributed by atoms with Crippen LogP contribution in [0.25, 0.3) is 98.8 Å². The second-order valence-corrected chi connectivity index (χ2v) is 18.7. The third kappa shape index (κ3) is 6.56. The van der Waals surface area contributed by atoms with Crippen molar-refractivity contribution in [2.45, 2.75) is 12.8 Å². The lowest BCUT2D eigenvalue weighted by Gasteiger charge is -2.32. The zero-order valence-electron chi connectivity index (χ0n) is 38.4. The molecule has 14 rings (SSSR count). The smallest absolute Gasteiger partial charge is 0.143 e. The summed E-state index contributed by atoms with van der Waals surface area (Å²) in [6.07, 6.45) is 1.59. The van der Waals surface area contributed by atoms with Crippen molar-refractivity contribution in [1.29, 1.82) is 0 Å². The number of hydrogen-bond donors (Lipinski definition) is 0. The van der Waals surface area contributed by atoms with Gasteiger partial charge in [0.25, 0.3) is 0 Å². The highest BCUT2D eigenvalue weighted by molar-refractivity contribution is 6.18.